The molecular formula is C21H27ClFNO3S. The summed E-state index contributed by atoms with van der Waals surface area (Å²) in [5, 5.41) is 0.283. The van der Waals surface area contributed by atoms with Crippen molar-refractivity contribution in [1.29, 1.82) is 0 Å². The van der Waals surface area contributed by atoms with Crippen LogP contribution in [-0.4, -0.2) is 16.4 Å². The van der Waals surface area contributed by atoms with Crippen LogP contribution in [0.15, 0.2) is 36.4 Å². The molecule has 0 bridgehead atoms. The molecule has 0 aromatic heterocycles. The lowest BCUT2D eigenvalue weighted by atomic mass is 9.99. The summed E-state index contributed by atoms with van der Waals surface area (Å²) >= 11 is 5.03. The van der Waals surface area contributed by atoms with Gasteiger partial charge in [0.05, 0.1) is 18.2 Å². The van der Waals surface area contributed by atoms with Gasteiger partial charge in [-0.25, -0.2) is 4.39 Å². The Morgan fingerprint density at radius 1 is 1.18 bits per heavy atom. The molecule has 28 heavy (non-hydrogen) atoms. The summed E-state index contributed by atoms with van der Waals surface area (Å²) in [5.41, 5.74) is 1.32. The standard InChI is InChI=1S/C21H27ClFNO3S/c1-6-20(24-28(25)21(2,3)4)17-11-14(23)12-19(22)18(17)13-27-16-9-7-15(26-5)8-10-16/h7-12,20,24H,6,13H2,1-5H3/t20?,28-/m1/s1. The highest BCUT2D eigenvalue weighted by Crippen LogP contribution is 2.31. The maximum atomic E-state index is 14.1. The fourth-order valence-corrected chi connectivity index (χ4v) is 3.76. The van der Waals surface area contributed by atoms with Crippen molar-refractivity contribution in [1.82, 2.24) is 4.72 Å². The third-order valence-electron chi connectivity index (χ3n) is 4.23. The molecule has 0 aliphatic carbocycles. The number of methoxy groups -OCH3 is 1. The largest absolute Gasteiger partial charge is 0.598 e. The van der Waals surface area contributed by atoms with Crippen LogP contribution in [0, 0.1) is 5.82 Å². The van der Waals surface area contributed by atoms with Crippen molar-refractivity contribution in [2.75, 3.05) is 7.11 Å². The van der Waals surface area contributed by atoms with E-state index in [9.17, 15) is 8.94 Å². The van der Waals surface area contributed by atoms with E-state index in [4.69, 9.17) is 21.1 Å². The van der Waals surface area contributed by atoms with Crippen molar-refractivity contribution in [3.05, 3.63) is 58.4 Å². The summed E-state index contributed by atoms with van der Waals surface area (Å²) in [4.78, 5) is 0. The molecule has 2 aromatic carbocycles. The highest BCUT2D eigenvalue weighted by atomic mass is 35.5. The molecule has 0 aliphatic rings. The van der Waals surface area contributed by atoms with Gasteiger partial charge in [0.15, 0.2) is 0 Å². The summed E-state index contributed by atoms with van der Waals surface area (Å²) in [5.74, 6) is 0.939. The Hall–Kier alpha value is -1.47. The SMILES string of the molecule is CCC(N[S@+]([O-])C(C)(C)C)c1cc(F)cc(Cl)c1COc1ccc(OC)cc1. The Labute approximate surface area is 174 Å². The molecule has 0 amide bonds. The molecule has 0 saturated carbocycles. The summed E-state index contributed by atoms with van der Waals surface area (Å²) in [6.07, 6.45) is 0.622. The van der Waals surface area contributed by atoms with Gasteiger partial charge >= 0.3 is 0 Å². The van der Waals surface area contributed by atoms with E-state index in [-0.39, 0.29) is 17.7 Å². The lowest BCUT2D eigenvalue weighted by Crippen LogP contribution is -2.41. The van der Waals surface area contributed by atoms with Crippen LogP contribution in [0.2, 0.25) is 5.02 Å². The Balaban J connectivity index is 2.27. The van der Waals surface area contributed by atoms with E-state index in [0.717, 1.165) is 5.75 Å². The third kappa shape index (κ3) is 6.01. The van der Waals surface area contributed by atoms with Crippen molar-refractivity contribution in [3.63, 3.8) is 0 Å². The van der Waals surface area contributed by atoms with E-state index in [1.165, 1.54) is 12.1 Å². The molecule has 4 nitrogen and oxygen atoms in total. The number of halogens is 2. The zero-order valence-electron chi connectivity index (χ0n) is 16.8. The highest BCUT2D eigenvalue weighted by molar-refractivity contribution is 7.90. The van der Waals surface area contributed by atoms with E-state index < -0.39 is 21.9 Å². The first-order valence-electron chi connectivity index (χ1n) is 9.08. The first-order valence-corrected chi connectivity index (χ1v) is 10.6. The van der Waals surface area contributed by atoms with Crippen molar-refractivity contribution >= 4 is 23.0 Å². The molecule has 0 heterocycles. The third-order valence-corrected chi connectivity index (χ3v) is 6.17. The number of ether oxygens (including phenoxy) is 2. The van der Waals surface area contributed by atoms with E-state index >= 15 is 0 Å². The molecule has 0 saturated heterocycles. The number of hydrogen-bond donors (Lipinski definition) is 1. The van der Waals surface area contributed by atoms with Gasteiger partial charge in [0.25, 0.3) is 0 Å². The average molecular weight is 428 g/mol. The van der Waals surface area contributed by atoms with Crippen LogP contribution in [0.3, 0.4) is 0 Å². The Bertz CT molecular complexity index is 780. The molecule has 1 unspecified atom stereocenters. The smallest absolute Gasteiger partial charge is 0.136 e. The minimum Gasteiger partial charge on any atom is -0.598 e. The van der Waals surface area contributed by atoms with Gasteiger partial charge in [0.2, 0.25) is 0 Å². The maximum absolute atomic E-state index is 14.1. The fourth-order valence-electron chi connectivity index (χ4n) is 2.59. The molecule has 7 heteroatoms. The number of hydrogen-bond acceptors (Lipinski definition) is 4. The summed E-state index contributed by atoms with van der Waals surface area (Å²) < 4.78 is 40.3. The fraction of sp³-hybridized carbons (Fsp3) is 0.429. The molecule has 0 aliphatic heterocycles. The average Bonchev–Trinajstić information content (AvgIpc) is 2.64. The van der Waals surface area contributed by atoms with Crippen LogP contribution in [0.1, 0.15) is 51.3 Å². The van der Waals surface area contributed by atoms with Gasteiger partial charge in [-0.3, -0.25) is 0 Å². The molecule has 2 aromatic rings. The van der Waals surface area contributed by atoms with Crippen LogP contribution in [0.4, 0.5) is 4.39 Å². The van der Waals surface area contributed by atoms with E-state index in [0.29, 0.717) is 23.3 Å². The van der Waals surface area contributed by atoms with E-state index in [2.05, 4.69) is 4.72 Å². The number of benzene rings is 2. The van der Waals surface area contributed by atoms with Crippen molar-refractivity contribution < 1.29 is 18.4 Å². The van der Waals surface area contributed by atoms with E-state index in [1.807, 2.05) is 27.7 Å². The second kappa shape index (κ2) is 9.83. The summed E-state index contributed by atoms with van der Waals surface area (Å²) in [6.45, 7) is 7.77. The molecule has 0 radical (unpaired) electrons. The minimum absolute atomic E-state index is 0.168. The lowest BCUT2D eigenvalue weighted by molar-refractivity contribution is 0.303. The van der Waals surface area contributed by atoms with Crippen LogP contribution in [0.25, 0.3) is 0 Å². The van der Waals surface area contributed by atoms with Crippen molar-refractivity contribution in [2.24, 2.45) is 0 Å². The zero-order valence-corrected chi connectivity index (χ0v) is 18.4. The number of nitrogens with one attached hydrogen (secondary N) is 1. The predicted octanol–water partition coefficient (Wildman–Crippen LogP) is 5.57. The molecule has 0 spiro atoms. The molecule has 1 N–H and O–H groups in total. The Morgan fingerprint density at radius 3 is 2.32 bits per heavy atom. The zero-order chi connectivity index (χ0) is 20.9. The van der Waals surface area contributed by atoms with Crippen LogP contribution < -0.4 is 14.2 Å². The van der Waals surface area contributed by atoms with Gasteiger partial charge in [0.1, 0.15) is 28.7 Å². The van der Waals surface area contributed by atoms with Gasteiger partial charge in [-0.2, -0.15) is 0 Å². The predicted molar refractivity (Wildman–Crippen MR) is 113 cm³/mol. The molecule has 0 fully saturated rings. The minimum atomic E-state index is -1.30. The Kier molecular flexibility index (Phi) is 8.01. The Morgan fingerprint density at radius 2 is 1.79 bits per heavy atom. The van der Waals surface area contributed by atoms with Gasteiger partial charge in [-0.15, -0.1) is 4.72 Å². The first-order chi connectivity index (χ1) is 13.2. The molecule has 154 valence electrons. The van der Waals surface area contributed by atoms with E-state index in [1.54, 1.807) is 31.4 Å². The van der Waals surface area contributed by atoms with Gasteiger partial charge < -0.3 is 14.0 Å². The lowest BCUT2D eigenvalue weighted by Gasteiger charge is -2.28. The highest BCUT2D eigenvalue weighted by Gasteiger charge is 2.30. The van der Waals surface area contributed by atoms with Crippen LogP contribution in [-0.2, 0) is 18.0 Å². The van der Waals surface area contributed by atoms with Crippen LogP contribution in [0.5, 0.6) is 11.5 Å². The second-order valence-electron chi connectivity index (χ2n) is 7.38. The maximum Gasteiger partial charge on any atom is 0.136 e. The van der Waals surface area contributed by atoms with Crippen molar-refractivity contribution in [3.8, 4) is 11.5 Å². The van der Waals surface area contributed by atoms with Gasteiger partial charge in [-0.05, 0) is 69.2 Å². The second-order valence-corrected chi connectivity index (χ2v) is 9.78. The summed E-state index contributed by atoms with van der Waals surface area (Å²) in [6, 6.07) is 9.56. The normalized spacial score (nSPS) is 13.9. The first kappa shape index (κ1) is 22.8. The van der Waals surface area contributed by atoms with Crippen LogP contribution >= 0.6 is 11.6 Å². The quantitative estimate of drug-likeness (QED) is 0.559. The number of rotatable bonds is 8. The van der Waals surface area contributed by atoms with Crippen molar-refractivity contribution in [2.45, 2.75) is 51.5 Å². The molecule has 2 rings (SSSR count). The molecule has 2 atom stereocenters. The monoisotopic (exact) mass is 427 g/mol. The molecular weight excluding hydrogens is 401 g/mol. The topological polar surface area (TPSA) is 53.5 Å². The summed E-state index contributed by atoms with van der Waals surface area (Å²) in [7, 11) is 1.60. The van der Waals surface area contributed by atoms with Gasteiger partial charge in [0, 0.05) is 16.9 Å². The van der Waals surface area contributed by atoms with Gasteiger partial charge in [-0.1, -0.05) is 18.5 Å².